The summed E-state index contributed by atoms with van der Waals surface area (Å²) in [7, 11) is 0. The molecule has 1 fully saturated rings. The van der Waals surface area contributed by atoms with Gasteiger partial charge < -0.3 is 10.4 Å². The van der Waals surface area contributed by atoms with Crippen LogP contribution in [0.1, 0.15) is 36.0 Å². The van der Waals surface area contributed by atoms with E-state index in [4.69, 9.17) is 5.11 Å². The Morgan fingerprint density at radius 1 is 1.43 bits per heavy atom. The molecule has 7 heteroatoms. The predicted molar refractivity (Wildman–Crippen MR) is 83.2 cm³/mol. The van der Waals surface area contributed by atoms with Crippen molar-refractivity contribution in [1.82, 2.24) is 0 Å². The van der Waals surface area contributed by atoms with Gasteiger partial charge in [0.15, 0.2) is 0 Å². The second-order valence-electron chi connectivity index (χ2n) is 5.10. The average Bonchev–Trinajstić information content (AvgIpc) is 2.47. The lowest BCUT2D eigenvalue weighted by Gasteiger charge is -2.31. The van der Waals surface area contributed by atoms with E-state index >= 15 is 0 Å². The fourth-order valence-electron chi connectivity index (χ4n) is 2.71. The topological polar surface area (TPSA) is 92.5 Å². The Bertz CT molecular complexity index is 550. The summed E-state index contributed by atoms with van der Waals surface area (Å²) in [5, 5.41) is 23.8. The van der Waals surface area contributed by atoms with Gasteiger partial charge in [-0.1, -0.05) is 12.8 Å². The summed E-state index contributed by atoms with van der Waals surface area (Å²) in [4.78, 5) is 21.3. The quantitative estimate of drug-likeness (QED) is 0.640. The smallest absolute Gasteiger partial charge is 0.342 e. The number of thioether (sulfide) groups is 1. The SMILES string of the molecule is CSC1CCCCC1Nc1ccc(C(=O)O)c([N+](=O)[O-])c1. The van der Waals surface area contributed by atoms with E-state index in [1.54, 1.807) is 17.8 Å². The Morgan fingerprint density at radius 2 is 2.14 bits per heavy atom. The van der Waals surface area contributed by atoms with Crippen molar-refractivity contribution in [3.8, 4) is 0 Å². The average molecular weight is 310 g/mol. The minimum absolute atomic E-state index is 0.268. The molecule has 0 aromatic heterocycles. The highest BCUT2D eigenvalue weighted by Gasteiger charge is 2.26. The van der Waals surface area contributed by atoms with Gasteiger partial charge in [-0.2, -0.15) is 11.8 Å². The standard InChI is InChI=1S/C14H18N2O4S/c1-21-13-5-3-2-4-11(13)15-9-6-7-10(14(17)18)12(8-9)16(19)20/h6-8,11,13,15H,2-5H2,1H3,(H,17,18). The number of nitro groups is 1. The number of hydrogen-bond acceptors (Lipinski definition) is 5. The molecule has 114 valence electrons. The van der Waals surface area contributed by atoms with Crippen molar-refractivity contribution in [1.29, 1.82) is 0 Å². The lowest BCUT2D eigenvalue weighted by molar-refractivity contribution is -0.385. The summed E-state index contributed by atoms with van der Waals surface area (Å²) < 4.78 is 0. The number of benzene rings is 1. The maximum absolute atomic E-state index is 11.0. The van der Waals surface area contributed by atoms with Gasteiger partial charge in [0.05, 0.1) is 4.92 Å². The van der Waals surface area contributed by atoms with Gasteiger partial charge in [-0.3, -0.25) is 10.1 Å². The third-order valence-electron chi connectivity index (χ3n) is 3.78. The van der Waals surface area contributed by atoms with Gasteiger partial charge in [0.1, 0.15) is 5.56 Å². The molecule has 2 unspecified atom stereocenters. The Hall–Kier alpha value is -1.76. The van der Waals surface area contributed by atoms with Crippen molar-refractivity contribution >= 4 is 29.1 Å². The van der Waals surface area contributed by atoms with E-state index in [1.807, 2.05) is 0 Å². The zero-order chi connectivity index (χ0) is 15.4. The van der Waals surface area contributed by atoms with Crippen molar-refractivity contribution in [2.45, 2.75) is 37.0 Å². The van der Waals surface area contributed by atoms with Crippen molar-refractivity contribution in [2.24, 2.45) is 0 Å². The maximum atomic E-state index is 11.0. The van der Waals surface area contributed by atoms with Crippen molar-refractivity contribution < 1.29 is 14.8 Å². The molecule has 2 N–H and O–H groups in total. The van der Waals surface area contributed by atoms with Gasteiger partial charge in [-0.05, 0) is 31.2 Å². The molecule has 1 aliphatic rings. The van der Waals surface area contributed by atoms with Crippen LogP contribution < -0.4 is 5.32 Å². The number of nitro benzene ring substituents is 1. The van der Waals surface area contributed by atoms with Gasteiger partial charge in [-0.15, -0.1) is 0 Å². The molecule has 0 heterocycles. The highest BCUT2D eigenvalue weighted by Crippen LogP contribution is 2.31. The normalized spacial score (nSPS) is 21.8. The molecular weight excluding hydrogens is 292 g/mol. The van der Waals surface area contributed by atoms with E-state index in [2.05, 4.69) is 11.6 Å². The Labute approximate surface area is 127 Å². The minimum atomic E-state index is -1.28. The van der Waals surface area contributed by atoms with Crippen LogP contribution in [0.3, 0.4) is 0 Å². The molecule has 2 rings (SSSR count). The van der Waals surface area contributed by atoms with Crippen LogP contribution in [-0.2, 0) is 0 Å². The zero-order valence-electron chi connectivity index (χ0n) is 11.7. The van der Waals surface area contributed by atoms with Gasteiger partial charge in [-0.25, -0.2) is 4.79 Å². The van der Waals surface area contributed by atoms with E-state index in [0.29, 0.717) is 10.9 Å². The van der Waals surface area contributed by atoms with Crippen LogP contribution in [0.2, 0.25) is 0 Å². The van der Waals surface area contributed by atoms with Crippen LogP contribution in [0.25, 0.3) is 0 Å². The number of carboxylic acids is 1. The third kappa shape index (κ3) is 3.66. The number of anilines is 1. The summed E-state index contributed by atoms with van der Waals surface area (Å²) in [6.45, 7) is 0. The molecule has 2 atom stereocenters. The first kappa shape index (κ1) is 15.6. The number of nitrogens with one attached hydrogen (secondary N) is 1. The summed E-state index contributed by atoms with van der Waals surface area (Å²) >= 11 is 1.80. The highest BCUT2D eigenvalue weighted by molar-refractivity contribution is 7.99. The first-order valence-corrected chi connectivity index (χ1v) is 8.12. The van der Waals surface area contributed by atoms with Crippen LogP contribution >= 0.6 is 11.8 Å². The van der Waals surface area contributed by atoms with E-state index in [1.165, 1.54) is 18.6 Å². The van der Waals surface area contributed by atoms with Gasteiger partial charge in [0.25, 0.3) is 5.69 Å². The Kier molecular flexibility index (Phi) is 5.06. The molecule has 21 heavy (non-hydrogen) atoms. The van der Waals surface area contributed by atoms with Gasteiger partial charge in [0.2, 0.25) is 0 Å². The second-order valence-corrected chi connectivity index (χ2v) is 6.18. The van der Waals surface area contributed by atoms with Crippen LogP contribution in [0.5, 0.6) is 0 Å². The number of hydrogen-bond donors (Lipinski definition) is 2. The number of rotatable bonds is 5. The molecule has 0 bridgehead atoms. The largest absolute Gasteiger partial charge is 0.477 e. The monoisotopic (exact) mass is 310 g/mol. The maximum Gasteiger partial charge on any atom is 0.342 e. The molecule has 1 aromatic carbocycles. The van der Waals surface area contributed by atoms with Crippen molar-refractivity contribution in [3.63, 3.8) is 0 Å². The molecule has 0 amide bonds. The fraction of sp³-hybridized carbons (Fsp3) is 0.500. The molecule has 6 nitrogen and oxygen atoms in total. The Morgan fingerprint density at radius 3 is 2.76 bits per heavy atom. The van der Waals surface area contributed by atoms with Crippen LogP contribution in [0.4, 0.5) is 11.4 Å². The molecule has 0 radical (unpaired) electrons. The number of aromatic carboxylic acids is 1. The van der Waals surface area contributed by atoms with Crippen molar-refractivity contribution in [2.75, 3.05) is 11.6 Å². The molecule has 1 aromatic rings. The predicted octanol–water partition coefficient (Wildman–Crippen LogP) is 3.38. The first-order chi connectivity index (χ1) is 10.0. The molecule has 1 aliphatic carbocycles. The van der Waals surface area contributed by atoms with E-state index < -0.39 is 10.9 Å². The molecule has 0 saturated heterocycles. The summed E-state index contributed by atoms with van der Waals surface area (Å²) in [6.07, 6.45) is 6.58. The van der Waals surface area contributed by atoms with Crippen molar-refractivity contribution in [3.05, 3.63) is 33.9 Å². The van der Waals surface area contributed by atoms with E-state index in [9.17, 15) is 14.9 Å². The summed E-state index contributed by atoms with van der Waals surface area (Å²) in [5.41, 5.74) is -0.0442. The number of carbonyl (C=O) groups is 1. The van der Waals surface area contributed by atoms with E-state index in [-0.39, 0.29) is 17.3 Å². The molecule has 1 saturated carbocycles. The van der Waals surface area contributed by atoms with E-state index in [0.717, 1.165) is 19.3 Å². The summed E-state index contributed by atoms with van der Waals surface area (Å²) in [6, 6.07) is 4.47. The van der Waals surface area contributed by atoms with Crippen LogP contribution in [0.15, 0.2) is 18.2 Å². The number of carboxylic acid groups (broad SMARTS) is 1. The molecule has 0 spiro atoms. The van der Waals surface area contributed by atoms with Gasteiger partial charge in [0, 0.05) is 23.0 Å². The first-order valence-electron chi connectivity index (χ1n) is 6.84. The minimum Gasteiger partial charge on any atom is -0.477 e. The lowest BCUT2D eigenvalue weighted by Crippen LogP contribution is -2.34. The second kappa shape index (κ2) is 6.80. The highest BCUT2D eigenvalue weighted by atomic mass is 32.2. The Balaban J connectivity index is 2.22. The zero-order valence-corrected chi connectivity index (χ0v) is 12.6. The van der Waals surface area contributed by atoms with Gasteiger partial charge >= 0.3 is 5.97 Å². The van der Waals surface area contributed by atoms with Crippen LogP contribution in [0, 0.1) is 10.1 Å². The third-order valence-corrected chi connectivity index (χ3v) is 4.95. The fourth-order valence-corrected chi connectivity index (χ4v) is 3.65. The lowest BCUT2D eigenvalue weighted by atomic mass is 9.94. The van der Waals surface area contributed by atoms with Crippen LogP contribution in [-0.4, -0.2) is 33.5 Å². The molecular formula is C14H18N2O4S. The molecule has 0 aliphatic heterocycles. The number of nitrogens with zero attached hydrogens (tertiary/aromatic N) is 1. The summed E-state index contributed by atoms with van der Waals surface area (Å²) in [5.74, 6) is -1.28.